The van der Waals surface area contributed by atoms with Crippen molar-refractivity contribution in [2.75, 3.05) is 0 Å². The van der Waals surface area contributed by atoms with Crippen molar-refractivity contribution in [2.45, 2.75) is 38.6 Å². The highest BCUT2D eigenvalue weighted by molar-refractivity contribution is 7.18. The van der Waals surface area contributed by atoms with E-state index in [1.165, 1.54) is 27.8 Å². The Morgan fingerprint density at radius 1 is 1.33 bits per heavy atom. The number of nitrogens with zero attached hydrogens (tertiary/aromatic N) is 2. The number of carbonyl (C=O) groups is 1. The van der Waals surface area contributed by atoms with Gasteiger partial charge in [0.1, 0.15) is 4.83 Å². The fraction of sp³-hybridized carbons (Fsp3) is 0.316. The number of Topliss-reactive ketones (excluding diaryl/α,β-unsaturated/α-hetero) is 1. The molecule has 122 valence electrons. The van der Waals surface area contributed by atoms with Gasteiger partial charge in [-0.1, -0.05) is 37.3 Å². The number of fused-ring (bicyclic) bond motifs is 3. The van der Waals surface area contributed by atoms with E-state index >= 15 is 0 Å². The molecular formula is C19H18N2O2S. The maximum absolute atomic E-state index is 13.0. The van der Waals surface area contributed by atoms with Gasteiger partial charge in [0.15, 0.2) is 5.78 Å². The molecule has 0 aliphatic heterocycles. The molecule has 0 saturated carbocycles. The molecule has 0 spiro atoms. The van der Waals surface area contributed by atoms with Gasteiger partial charge in [-0.15, -0.1) is 11.3 Å². The van der Waals surface area contributed by atoms with Crippen LogP contribution in [0.5, 0.6) is 0 Å². The molecule has 5 heteroatoms. The average molecular weight is 338 g/mol. The standard InChI is InChI=1S/C19H18N2O2S/c1-12-6-5-9-15-16(12)17-18(24-15)20-11-21(19(17)23)10-14(22)13-7-3-2-4-8-13/h2-4,7-8,11-12H,5-6,9-10H2,1H3. The number of carbonyl (C=O) groups excluding carboxylic acids is 1. The minimum absolute atomic E-state index is 0.0325. The summed E-state index contributed by atoms with van der Waals surface area (Å²) >= 11 is 1.63. The van der Waals surface area contributed by atoms with Crippen molar-refractivity contribution in [3.05, 3.63) is 63.0 Å². The molecule has 24 heavy (non-hydrogen) atoms. The van der Waals surface area contributed by atoms with E-state index in [0.29, 0.717) is 11.5 Å². The van der Waals surface area contributed by atoms with E-state index in [0.717, 1.165) is 23.1 Å². The number of rotatable bonds is 3. The molecule has 1 aliphatic rings. The molecule has 1 aliphatic carbocycles. The molecule has 2 heterocycles. The van der Waals surface area contributed by atoms with Gasteiger partial charge in [0.25, 0.3) is 5.56 Å². The highest BCUT2D eigenvalue weighted by Gasteiger charge is 2.25. The van der Waals surface area contributed by atoms with Crippen molar-refractivity contribution in [1.82, 2.24) is 9.55 Å². The van der Waals surface area contributed by atoms with Crippen LogP contribution in [0.1, 0.15) is 46.5 Å². The summed E-state index contributed by atoms with van der Waals surface area (Å²) in [5.74, 6) is 0.314. The van der Waals surface area contributed by atoms with Crippen LogP contribution in [0.3, 0.4) is 0 Å². The Bertz CT molecular complexity index is 972. The van der Waals surface area contributed by atoms with E-state index in [4.69, 9.17) is 0 Å². The van der Waals surface area contributed by atoms with Gasteiger partial charge < -0.3 is 0 Å². The number of ketones is 1. The lowest BCUT2D eigenvalue weighted by atomic mass is 9.88. The Balaban J connectivity index is 1.78. The zero-order chi connectivity index (χ0) is 16.7. The van der Waals surface area contributed by atoms with Crippen LogP contribution in [-0.2, 0) is 13.0 Å². The van der Waals surface area contributed by atoms with Gasteiger partial charge in [-0.2, -0.15) is 0 Å². The first kappa shape index (κ1) is 15.3. The monoisotopic (exact) mass is 338 g/mol. The third-order valence-electron chi connectivity index (χ3n) is 4.74. The molecule has 0 bridgehead atoms. The van der Waals surface area contributed by atoms with Crippen LogP contribution in [0, 0.1) is 0 Å². The number of benzene rings is 1. The predicted molar refractivity (Wildman–Crippen MR) is 96.0 cm³/mol. The first-order chi connectivity index (χ1) is 11.6. The predicted octanol–water partition coefficient (Wildman–Crippen LogP) is 3.78. The topological polar surface area (TPSA) is 52.0 Å². The third-order valence-corrected chi connectivity index (χ3v) is 5.91. The Morgan fingerprint density at radius 2 is 2.12 bits per heavy atom. The number of hydrogen-bond donors (Lipinski definition) is 0. The van der Waals surface area contributed by atoms with Crippen LogP contribution in [0.4, 0.5) is 0 Å². The molecule has 1 aromatic carbocycles. The largest absolute Gasteiger partial charge is 0.292 e. The van der Waals surface area contributed by atoms with E-state index < -0.39 is 0 Å². The molecule has 1 unspecified atom stereocenters. The van der Waals surface area contributed by atoms with Crippen molar-refractivity contribution < 1.29 is 4.79 Å². The van der Waals surface area contributed by atoms with Gasteiger partial charge >= 0.3 is 0 Å². The number of thiophene rings is 1. The molecule has 4 nitrogen and oxygen atoms in total. The Hall–Kier alpha value is -2.27. The maximum atomic E-state index is 13.0. The van der Waals surface area contributed by atoms with Crippen molar-refractivity contribution in [3.8, 4) is 0 Å². The summed E-state index contributed by atoms with van der Waals surface area (Å²) < 4.78 is 1.45. The first-order valence-corrected chi connectivity index (χ1v) is 9.05. The smallest absolute Gasteiger partial charge is 0.262 e. The molecule has 3 aromatic rings. The van der Waals surface area contributed by atoms with Crippen LogP contribution in [0.15, 0.2) is 41.5 Å². The van der Waals surface area contributed by atoms with Crippen LogP contribution in [-0.4, -0.2) is 15.3 Å². The molecular weight excluding hydrogens is 320 g/mol. The SMILES string of the molecule is CC1CCCc2sc3ncn(CC(=O)c4ccccc4)c(=O)c3c21. The fourth-order valence-corrected chi connectivity index (χ4v) is 4.79. The molecule has 0 N–H and O–H groups in total. The van der Waals surface area contributed by atoms with Crippen molar-refractivity contribution in [2.24, 2.45) is 0 Å². The molecule has 0 fully saturated rings. The molecule has 1 atom stereocenters. The lowest BCUT2D eigenvalue weighted by molar-refractivity contribution is 0.0970. The minimum Gasteiger partial charge on any atom is -0.292 e. The van der Waals surface area contributed by atoms with Crippen molar-refractivity contribution in [1.29, 1.82) is 0 Å². The van der Waals surface area contributed by atoms with E-state index in [1.807, 2.05) is 18.2 Å². The quantitative estimate of drug-likeness (QED) is 0.683. The fourth-order valence-electron chi connectivity index (χ4n) is 3.50. The Kier molecular flexibility index (Phi) is 3.81. The minimum atomic E-state index is -0.0875. The summed E-state index contributed by atoms with van der Waals surface area (Å²) in [5.41, 5.74) is 1.70. The summed E-state index contributed by atoms with van der Waals surface area (Å²) in [5, 5.41) is 0.727. The maximum Gasteiger partial charge on any atom is 0.262 e. The zero-order valence-electron chi connectivity index (χ0n) is 13.5. The summed E-state index contributed by atoms with van der Waals surface area (Å²) in [6.07, 6.45) is 4.82. The van der Waals surface area contributed by atoms with Crippen LogP contribution >= 0.6 is 11.3 Å². The second kappa shape index (κ2) is 5.98. The van der Waals surface area contributed by atoms with E-state index in [2.05, 4.69) is 11.9 Å². The van der Waals surface area contributed by atoms with Crippen molar-refractivity contribution in [3.63, 3.8) is 0 Å². The van der Waals surface area contributed by atoms with Gasteiger partial charge in [-0.25, -0.2) is 4.98 Å². The highest BCUT2D eigenvalue weighted by atomic mass is 32.1. The number of aromatic nitrogens is 2. The van der Waals surface area contributed by atoms with E-state index in [1.54, 1.807) is 23.5 Å². The first-order valence-electron chi connectivity index (χ1n) is 8.24. The van der Waals surface area contributed by atoms with Gasteiger partial charge in [0.2, 0.25) is 0 Å². The summed E-state index contributed by atoms with van der Waals surface area (Å²) in [4.78, 5) is 31.9. The summed E-state index contributed by atoms with van der Waals surface area (Å²) in [6.45, 7) is 2.21. The normalized spacial score (nSPS) is 17.0. The Morgan fingerprint density at radius 3 is 2.92 bits per heavy atom. The molecule has 2 aromatic heterocycles. The third kappa shape index (κ3) is 2.49. The van der Waals surface area contributed by atoms with Gasteiger partial charge in [0, 0.05) is 10.4 Å². The second-order valence-corrected chi connectivity index (χ2v) is 7.46. The Labute approximate surface area is 143 Å². The lowest BCUT2D eigenvalue weighted by Gasteiger charge is -2.18. The van der Waals surface area contributed by atoms with Crippen LogP contribution in [0.2, 0.25) is 0 Å². The highest BCUT2D eigenvalue weighted by Crippen LogP contribution is 2.39. The van der Waals surface area contributed by atoms with Crippen LogP contribution in [0.25, 0.3) is 10.2 Å². The molecule has 4 rings (SSSR count). The molecule has 0 amide bonds. The van der Waals surface area contributed by atoms with Gasteiger partial charge in [-0.3, -0.25) is 14.2 Å². The van der Waals surface area contributed by atoms with Crippen LogP contribution < -0.4 is 5.56 Å². The molecule has 0 radical (unpaired) electrons. The number of aryl methyl sites for hydroxylation is 1. The number of hydrogen-bond acceptors (Lipinski definition) is 4. The second-order valence-electron chi connectivity index (χ2n) is 6.38. The van der Waals surface area contributed by atoms with Crippen molar-refractivity contribution >= 4 is 27.3 Å². The lowest BCUT2D eigenvalue weighted by Crippen LogP contribution is -2.25. The zero-order valence-corrected chi connectivity index (χ0v) is 14.3. The van der Waals surface area contributed by atoms with E-state index in [9.17, 15) is 9.59 Å². The average Bonchev–Trinajstić information content (AvgIpc) is 2.99. The summed E-state index contributed by atoms with van der Waals surface area (Å²) in [6, 6.07) is 9.07. The van der Waals surface area contributed by atoms with E-state index in [-0.39, 0.29) is 17.9 Å². The molecule has 0 saturated heterocycles. The summed E-state index contributed by atoms with van der Waals surface area (Å²) in [7, 11) is 0. The van der Waals surface area contributed by atoms with Gasteiger partial charge in [-0.05, 0) is 30.7 Å². The van der Waals surface area contributed by atoms with Gasteiger partial charge in [0.05, 0.1) is 18.3 Å².